The van der Waals surface area contributed by atoms with E-state index in [-0.39, 0.29) is 16.9 Å². The molecule has 0 heterocycles. The fourth-order valence-electron chi connectivity index (χ4n) is 1.61. The maximum Gasteiger partial charge on any atom is 0.335 e. The van der Waals surface area contributed by atoms with E-state index in [1.54, 1.807) is 0 Å². The highest BCUT2D eigenvalue weighted by atomic mass is 19.1. The Bertz CT molecular complexity index is 704. The van der Waals surface area contributed by atoms with E-state index in [1.807, 2.05) is 0 Å². The summed E-state index contributed by atoms with van der Waals surface area (Å²) in [6, 6.07) is 7.50. The number of hydrogen-bond acceptors (Lipinski definition) is 2. The number of aromatic carboxylic acids is 1. The van der Waals surface area contributed by atoms with Crippen LogP contribution in [0.4, 0.5) is 25.0 Å². The van der Waals surface area contributed by atoms with E-state index in [0.717, 1.165) is 12.1 Å². The molecule has 2 aromatic rings. The van der Waals surface area contributed by atoms with Crippen molar-refractivity contribution in [3.05, 3.63) is 59.7 Å². The molecule has 3 N–H and O–H groups in total. The third kappa shape index (κ3) is 3.75. The van der Waals surface area contributed by atoms with Gasteiger partial charge in [0.25, 0.3) is 0 Å². The summed E-state index contributed by atoms with van der Waals surface area (Å²) in [4.78, 5) is 22.5. The van der Waals surface area contributed by atoms with Crippen LogP contribution in [-0.2, 0) is 0 Å². The number of carbonyl (C=O) groups excluding carboxylic acids is 1. The molecule has 7 heteroatoms. The third-order valence-electron chi connectivity index (χ3n) is 2.55. The smallest absolute Gasteiger partial charge is 0.335 e. The van der Waals surface area contributed by atoms with E-state index in [4.69, 9.17) is 5.11 Å². The molecular weight excluding hydrogens is 282 g/mol. The Hall–Kier alpha value is -2.96. The lowest BCUT2D eigenvalue weighted by molar-refractivity contribution is 0.0697. The molecule has 5 nitrogen and oxygen atoms in total. The third-order valence-corrected chi connectivity index (χ3v) is 2.55. The second-order valence-corrected chi connectivity index (χ2v) is 4.09. The van der Waals surface area contributed by atoms with Crippen LogP contribution in [-0.4, -0.2) is 17.1 Å². The lowest BCUT2D eigenvalue weighted by atomic mass is 10.2. The fraction of sp³-hybridized carbons (Fsp3) is 0. The number of rotatable bonds is 3. The summed E-state index contributed by atoms with van der Waals surface area (Å²) in [5.74, 6) is -2.80. The van der Waals surface area contributed by atoms with Crippen LogP contribution in [0, 0.1) is 11.6 Å². The zero-order valence-electron chi connectivity index (χ0n) is 10.6. The second kappa shape index (κ2) is 6.00. The number of halogens is 2. The number of hydrogen-bond donors (Lipinski definition) is 3. The zero-order valence-corrected chi connectivity index (χ0v) is 10.6. The standard InChI is InChI=1S/C14H10F2N2O3/c15-9-4-5-12(11(16)7-9)18-14(21)17-10-3-1-2-8(6-10)13(19)20/h1-7H,(H,19,20)(H2,17,18,21). The molecule has 21 heavy (non-hydrogen) atoms. The molecule has 0 unspecified atom stereocenters. The van der Waals surface area contributed by atoms with Crippen molar-refractivity contribution >= 4 is 23.4 Å². The predicted octanol–water partition coefficient (Wildman–Crippen LogP) is 3.31. The van der Waals surface area contributed by atoms with Crippen LogP contribution in [0.15, 0.2) is 42.5 Å². The minimum Gasteiger partial charge on any atom is -0.478 e. The number of urea groups is 1. The number of carboxylic acid groups (broad SMARTS) is 1. The van der Waals surface area contributed by atoms with E-state index in [9.17, 15) is 18.4 Å². The molecule has 2 aromatic carbocycles. The fourth-order valence-corrected chi connectivity index (χ4v) is 1.61. The number of benzene rings is 2. The van der Waals surface area contributed by atoms with E-state index in [2.05, 4.69) is 10.6 Å². The van der Waals surface area contributed by atoms with Gasteiger partial charge in [0.05, 0.1) is 11.3 Å². The molecule has 0 aliphatic carbocycles. The maximum absolute atomic E-state index is 13.4. The average Bonchev–Trinajstić information content (AvgIpc) is 2.42. The van der Waals surface area contributed by atoms with Gasteiger partial charge in [-0.3, -0.25) is 0 Å². The first-order valence-corrected chi connectivity index (χ1v) is 5.82. The molecule has 0 saturated carbocycles. The summed E-state index contributed by atoms with van der Waals surface area (Å²) in [6.07, 6.45) is 0. The Morgan fingerprint density at radius 1 is 1.00 bits per heavy atom. The number of carboxylic acids is 1. The molecule has 0 aliphatic heterocycles. The topological polar surface area (TPSA) is 78.4 Å². The number of amides is 2. The van der Waals surface area contributed by atoms with Crippen molar-refractivity contribution in [2.75, 3.05) is 10.6 Å². The summed E-state index contributed by atoms with van der Waals surface area (Å²) in [6.45, 7) is 0. The monoisotopic (exact) mass is 292 g/mol. The number of carbonyl (C=O) groups is 2. The van der Waals surface area contributed by atoms with Crippen LogP contribution >= 0.6 is 0 Å². The molecule has 0 saturated heterocycles. The molecule has 0 radical (unpaired) electrons. The molecule has 0 aliphatic rings. The highest BCUT2D eigenvalue weighted by Gasteiger charge is 2.09. The van der Waals surface area contributed by atoms with Gasteiger partial charge in [0.2, 0.25) is 0 Å². The molecule has 108 valence electrons. The quantitative estimate of drug-likeness (QED) is 0.812. The minimum atomic E-state index is -1.14. The number of nitrogens with one attached hydrogen (secondary N) is 2. The normalized spacial score (nSPS) is 10.0. The van der Waals surface area contributed by atoms with Gasteiger partial charge in [0.1, 0.15) is 11.6 Å². The molecule has 0 bridgehead atoms. The summed E-state index contributed by atoms with van der Waals surface area (Å²) in [5.41, 5.74) is 0.0407. The Kier molecular flexibility index (Phi) is 4.13. The lowest BCUT2D eigenvalue weighted by Gasteiger charge is -2.09. The Labute approximate surface area is 118 Å². The van der Waals surface area contributed by atoms with Gasteiger partial charge >= 0.3 is 12.0 Å². The largest absolute Gasteiger partial charge is 0.478 e. The van der Waals surface area contributed by atoms with Gasteiger partial charge in [-0.25, -0.2) is 18.4 Å². The molecule has 2 amide bonds. The number of anilines is 2. The Morgan fingerprint density at radius 2 is 1.76 bits per heavy atom. The van der Waals surface area contributed by atoms with Crippen LogP contribution in [0.25, 0.3) is 0 Å². The van der Waals surface area contributed by atoms with E-state index >= 15 is 0 Å². The van der Waals surface area contributed by atoms with E-state index in [1.165, 1.54) is 24.3 Å². The van der Waals surface area contributed by atoms with Gasteiger partial charge in [-0.1, -0.05) is 6.07 Å². The van der Waals surface area contributed by atoms with E-state index < -0.39 is 23.6 Å². The van der Waals surface area contributed by atoms with Crippen molar-refractivity contribution in [2.45, 2.75) is 0 Å². The van der Waals surface area contributed by atoms with Crippen LogP contribution in [0.1, 0.15) is 10.4 Å². The van der Waals surface area contributed by atoms with Crippen molar-refractivity contribution in [3.63, 3.8) is 0 Å². The van der Waals surface area contributed by atoms with Gasteiger partial charge < -0.3 is 15.7 Å². The van der Waals surface area contributed by atoms with Crippen molar-refractivity contribution in [1.29, 1.82) is 0 Å². The van der Waals surface area contributed by atoms with Crippen LogP contribution < -0.4 is 10.6 Å². The van der Waals surface area contributed by atoms with E-state index in [0.29, 0.717) is 6.07 Å². The van der Waals surface area contributed by atoms with Gasteiger partial charge in [-0.2, -0.15) is 0 Å². The summed E-state index contributed by atoms with van der Waals surface area (Å²) in [7, 11) is 0. The molecule has 0 spiro atoms. The second-order valence-electron chi connectivity index (χ2n) is 4.09. The molecule has 2 rings (SSSR count). The average molecular weight is 292 g/mol. The van der Waals surface area contributed by atoms with Crippen molar-refractivity contribution < 1.29 is 23.5 Å². The first kappa shape index (κ1) is 14.4. The predicted molar refractivity (Wildman–Crippen MR) is 72.4 cm³/mol. The summed E-state index contributed by atoms with van der Waals surface area (Å²) in [5, 5.41) is 13.4. The lowest BCUT2D eigenvalue weighted by Crippen LogP contribution is -2.20. The first-order valence-electron chi connectivity index (χ1n) is 5.82. The van der Waals surface area contributed by atoms with Crippen LogP contribution in [0.5, 0.6) is 0 Å². The maximum atomic E-state index is 13.4. The molecular formula is C14H10F2N2O3. The van der Waals surface area contributed by atoms with Gasteiger partial charge in [-0.15, -0.1) is 0 Å². The van der Waals surface area contributed by atoms with Gasteiger partial charge in [-0.05, 0) is 30.3 Å². The minimum absolute atomic E-state index is 0.000706. The van der Waals surface area contributed by atoms with Crippen molar-refractivity contribution in [2.24, 2.45) is 0 Å². The Balaban J connectivity index is 2.08. The van der Waals surface area contributed by atoms with Crippen molar-refractivity contribution in [3.8, 4) is 0 Å². The molecule has 0 atom stereocenters. The Morgan fingerprint density at radius 3 is 2.43 bits per heavy atom. The SMILES string of the molecule is O=C(Nc1cccc(C(=O)O)c1)Nc1ccc(F)cc1F. The highest BCUT2D eigenvalue weighted by Crippen LogP contribution is 2.16. The summed E-state index contributed by atoms with van der Waals surface area (Å²) < 4.78 is 26.1. The van der Waals surface area contributed by atoms with Crippen LogP contribution in [0.2, 0.25) is 0 Å². The highest BCUT2D eigenvalue weighted by molar-refractivity contribution is 6.00. The van der Waals surface area contributed by atoms with Gasteiger partial charge in [0, 0.05) is 11.8 Å². The van der Waals surface area contributed by atoms with Gasteiger partial charge in [0.15, 0.2) is 0 Å². The van der Waals surface area contributed by atoms with Crippen molar-refractivity contribution in [1.82, 2.24) is 0 Å². The molecule has 0 aromatic heterocycles. The first-order chi connectivity index (χ1) is 9.95. The van der Waals surface area contributed by atoms with Crippen LogP contribution in [0.3, 0.4) is 0 Å². The summed E-state index contributed by atoms with van der Waals surface area (Å²) >= 11 is 0. The molecule has 0 fully saturated rings. The zero-order chi connectivity index (χ0) is 15.4.